The highest BCUT2D eigenvalue weighted by Crippen LogP contribution is 2.13. The smallest absolute Gasteiger partial charge is 0.410 e. The van der Waals surface area contributed by atoms with Crippen molar-refractivity contribution in [1.82, 2.24) is 19.7 Å². The van der Waals surface area contributed by atoms with E-state index in [4.69, 9.17) is 4.74 Å². The number of hydrogen-bond acceptors (Lipinski definition) is 5. The first-order valence-electron chi connectivity index (χ1n) is 9.08. The predicted molar refractivity (Wildman–Crippen MR) is 99.6 cm³/mol. The average molecular weight is 362 g/mol. The van der Waals surface area contributed by atoms with Gasteiger partial charge >= 0.3 is 6.09 Å². The lowest BCUT2D eigenvalue weighted by atomic mass is 10.2. The van der Waals surface area contributed by atoms with Crippen LogP contribution in [-0.4, -0.2) is 77.1 Å². The Morgan fingerprint density at radius 3 is 2.35 bits per heavy atom. The maximum Gasteiger partial charge on any atom is 0.410 e. The number of amides is 2. The number of nitrogens with zero attached hydrogens (tertiary/aromatic N) is 4. The van der Waals surface area contributed by atoms with Gasteiger partial charge in [0.15, 0.2) is 0 Å². The monoisotopic (exact) mass is 362 g/mol. The molecule has 7 nitrogen and oxygen atoms in total. The molecular weight excluding hydrogens is 332 g/mol. The second kappa shape index (κ2) is 8.98. The molecule has 0 spiro atoms. The molecule has 2 rings (SSSR count). The molecule has 0 bridgehead atoms. The van der Waals surface area contributed by atoms with Crippen LogP contribution in [0.2, 0.25) is 0 Å². The average Bonchev–Trinajstić information content (AvgIpc) is 2.58. The quantitative estimate of drug-likeness (QED) is 0.801. The molecule has 2 amide bonds. The Morgan fingerprint density at radius 1 is 1.15 bits per heavy atom. The van der Waals surface area contributed by atoms with Gasteiger partial charge < -0.3 is 19.4 Å². The molecule has 7 heteroatoms. The fraction of sp³-hybridized carbons (Fsp3) is 0.632. The molecule has 1 aromatic heterocycles. The topological polar surface area (TPSA) is 66.0 Å². The first kappa shape index (κ1) is 20.2. The van der Waals surface area contributed by atoms with Crippen molar-refractivity contribution >= 4 is 12.0 Å². The maximum absolute atomic E-state index is 12.6. The highest BCUT2D eigenvalue weighted by atomic mass is 16.6. The number of rotatable bonds is 5. The Hall–Kier alpha value is -2.15. The van der Waals surface area contributed by atoms with Crippen LogP contribution in [0.4, 0.5) is 4.79 Å². The highest BCUT2D eigenvalue weighted by Gasteiger charge is 2.24. The van der Waals surface area contributed by atoms with Crippen LogP contribution in [0, 0.1) is 0 Å². The van der Waals surface area contributed by atoms with E-state index in [9.17, 15) is 9.59 Å². The Bertz CT molecular complexity index is 593. The number of carbonyl (C=O) groups is 2. The van der Waals surface area contributed by atoms with Crippen LogP contribution in [0.3, 0.4) is 0 Å². The van der Waals surface area contributed by atoms with E-state index in [0.29, 0.717) is 19.5 Å². The fourth-order valence-electron chi connectivity index (χ4n) is 2.71. The van der Waals surface area contributed by atoms with Crippen molar-refractivity contribution in [1.29, 1.82) is 0 Å². The van der Waals surface area contributed by atoms with Crippen LogP contribution in [0.15, 0.2) is 24.5 Å². The molecule has 0 unspecified atom stereocenters. The number of aromatic nitrogens is 1. The molecule has 144 valence electrons. The molecule has 26 heavy (non-hydrogen) atoms. The number of pyridine rings is 1. The van der Waals surface area contributed by atoms with E-state index in [1.807, 2.05) is 37.8 Å². The van der Waals surface area contributed by atoms with Gasteiger partial charge in [0.1, 0.15) is 5.60 Å². The number of ether oxygens (including phenoxy) is 1. The van der Waals surface area contributed by atoms with Crippen molar-refractivity contribution in [3.8, 4) is 0 Å². The van der Waals surface area contributed by atoms with Crippen LogP contribution in [0.5, 0.6) is 0 Å². The standard InChI is InChI=1S/C19H30N4O3/c1-19(2,3)26-18(25)23(15-16-5-8-20-9-6-16)10-7-17(24)22-13-11-21(4)12-14-22/h5-6,8-9H,7,10-15H2,1-4H3. The van der Waals surface area contributed by atoms with Gasteiger partial charge in [0.05, 0.1) is 0 Å². The molecule has 0 aliphatic carbocycles. The second-order valence-corrected chi connectivity index (χ2v) is 7.69. The van der Waals surface area contributed by atoms with Crippen LogP contribution in [0.25, 0.3) is 0 Å². The molecule has 0 radical (unpaired) electrons. The predicted octanol–water partition coefficient (Wildman–Crippen LogP) is 1.98. The van der Waals surface area contributed by atoms with Gasteiger partial charge in [0.25, 0.3) is 0 Å². The molecule has 0 aromatic carbocycles. The van der Waals surface area contributed by atoms with Crippen LogP contribution < -0.4 is 0 Å². The number of hydrogen-bond donors (Lipinski definition) is 0. The highest BCUT2D eigenvalue weighted by molar-refractivity contribution is 5.77. The van der Waals surface area contributed by atoms with Crippen LogP contribution >= 0.6 is 0 Å². The Balaban J connectivity index is 1.96. The molecule has 2 heterocycles. The van der Waals surface area contributed by atoms with Crippen LogP contribution in [0.1, 0.15) is 32.8 Å². The molecule has 1 aromatic rings. The number of piperazine rings is 1. The molecule has 1 saturated heterocycles. The van der Waals surface area contributed by atoms with Gasteiger partial charge in [0, 0.05) is 58.1 Å². The molecular formula is C19H30N4O3. The van der Waals surface area contributed by atoms with Crippen molar-refractivity contribution in [2.45, 2.75) is 39.3 Å². The van der Waals surface area contributed by atoms with Crippen molar-refractivity contribution < 1.29 is 14.3 Å². The van der Waals surface area contributed by atoms with Gasteiger partial charge in [-0.2, -0.15) is 0 Å². The number of carbonyl (C=O) groups excluding carboxylic acids is 2. The van der Waals surface area contributed by atoms with Crippen LogP contribution in [-0.2, 0) is 16.1 Å². The van der Waals surface area contributed by atoms with E-state index in [-0.39, 0.29) is 5.91 Å². The fourth-order valence-corrected chi connectivity index (χ4v) is 2.71. The molecule has 1 aliphatic heterocycles. The molecule has 0 atom stereocenters. The van der Waals surface area contributed by atoms with Gasteiger partial charge in [-0.05, 0) is 45.5 Å². The van der Waals surface area contributed by atoms with Gasteiger partial charge in [-0.1, -0.05) is 0 Å². The van der Waals surface area contributed by atoms with E-state index in [2.05, 4.69) is 16.9 Å². The molecule has 0 saturated carbocycles. The minimum Gasteiger partial charge on any atom is -0.444 e. The Morgan fingerprint density at radius 2 is 1.77 bits per heavy atom. The number of likely N-dealkylation sites (N-methyl/N-ethyl adjacent to an activating group) is 1. The summed E-state index contributed by atoms with van der Waals surface area (Å²) >= 11 is 0. The Labute approximate surface area is 155 Å². The molecule has 1 aliphatic rings. The van der Waals surface area contributed by atoms with Gasteiger partial charge in [-0.25, -0.2) is 4.79 Å². The van der Waals surface area contributed by atoms with Gasteiger partial charge in [-0.15, -0.1) is 0 Å². The van der Waals surface area contributed by atoms with E-state index in [0.717, 1.165) is 31.7 Å². The third-order valence-electron chi connectivity index (χ3n) is 4.23. The summed E-state index contributed by atoms with van der Waals surface area (Å²) in [4.78, 5) is 34.7. The second-order valence-electron chi connectivity index (χ2n) is 7.69. The van der Waals surface area contributed by atoms with E-state index in [1.165, 1.54) is 0 Å². The summed E-state index contributed by atoms with van der Waals surface area (Å²) in [5, 5.41) is 0. The lowest BCUT2D eigenvalue weighted by molar-refractivity contribution is -0.133. The third-order valence-corrected chi connectivity index (χ3v) is 4.23. The summed E-state index contributed by atoms with van der Waals surface area (Å²) in [5.41, 5.74) is 0.382. The summed E-state index contributed by atoms with van der Waals surface area (Å²) in [6.07, 6.45) is 3.28. The first-order chi connectivity index (χ1) is 12.2. The first-order valence-corrected chi connectivity index (χ1v) is 9.08. The summed E-state index contributed by atoms with van der Waals surface area (Å²) in [6.45, 7) is 9.51. The lowest BCUT2D eigenvalue weighted by Crippen LogP contribution is -2.48. The van der Waals surface area contributed by atoms with E-state index >= 15 is 0 Å². The minimum atomic E-state index is -0.574. The lowest BCUT2D eigenvalue weighted by Gasteiger charge is -2.33. The van der Waals surface area contributed by atoms with E-state index in [1.54, 1.807) is 17.3 Å². The summed E-state index contributed by atoms with van der Waals surface area (Å²) in [5.74, 6) is 0.0846. The largest absolute Gasteiger partial charge is 0.444 e. The maximum atomic E-state index is 12.6. The van der Waals surface area contributed by atoms with Crippen molar-refractivity contribution in [2.75, 3.05) is 39.8 Å². The van der Waals surface area contributed by atoms with Crippen molar-refractivity contribution in [2.24, 2.45) is 0 Å². The van der Waals surface area contributed by atoms with Gasteiger partial charge in [0.2, 0.25) is 5.91 Å². The third kappa shape index (κ3) is 6.63. The van der Waals surface area contributed by atoms with Crippen molar-refractivity contribution in [3.63, 3.8) is 0 Å². The Kier molecular flexibility index (Phi) is 6.97. The summed E-state index contributed by atoms with van der Waals surface area (Å²) < 4.78 is 5.50. The van der Waals surface area contributed by atoms with Gasteiger partial charge in [-0.3, -0.25) is 9.78 Å². The molecule has 0 N–H and O–H groups in total. The normalized spacial score (nSPS) is 15.6. The zero-order valence-corrected chi connectivity index (χ0v) is 16.3. The van der Waals surface area contributed by atoms with Crippen molar-refractivity contribution in [3.05, 3.63) is 30.1 Å². The summed E-state index contributed by atoms with van der Waals surface area (Å²) in [6, 6.07) is 3.72. The SMILES string of the molecule is CN1CCN(C(=O)CCN(Cc2ccncc2)C(=O)OC(C)(C)C)CC1. The zero-order valence-electron chi connectivity index (χ0n) is 16.3. The summed E-state index contributed by atoms with van der Waals surface area (Å²) in [7, 11) is 2.06. The minimum absolute atomic E-state index is 0.0846. The zero-order chi connectivity index (χ0) is 19.2. The molecule has 1 fully saturated rings. The van der Waals surface area contributed by atoms with E-state index < -0.39 is 11.7 Å².